The predicted molar refractivity (Wildman–Crippen MR) is 137 cm³/mol. The molecule has 1 fully saturated rings. The number of likely N-dealkylation sites (N-methyl/N-ethyl adjacent to an activating group) is 1. The largest absolute Gasteiger partial charge is 0.495 e. The van der Waals surface area contributed by atoms with Gasteiger partial charge in [-0.1, -0.05) is 24.3 Å². The van der Waals surface area contributed by atoms with Crippen molar-refractivity contribution in [2.24, 2.45) is 5.92 Å². The highest BCUT2D eigenvalue weighted by atomic mass is 16.5. The zero-order valence-electron chi connectivity index (χ0n) is 20.4. The van der Waals surface area contributed by atoms with Gasteiger partial charge >= 0.3 is 0 Å². The molecule has 0 unspecified atom stereocenters. The predicted octanol–water partition coefficient (Wildman–Crippen LogP) is 3.40. The smallest absolute Gasteiger partial charge is 0.254 e. The van der Waals surface area contributed by atoms with Crippen molar-refractivity contribution < 1.29 is 14.3 Å². The van der Waals surface area contributed by atoms with Crippen molar-refractivity contribution in [2.75, 3.05) is 46.2 Å². The number of nitrogens with zero attached hydrogens (tertiary/aromatic N) is 4. The normalized spacial score (nSPS) is 15.8. The van der Waals surface area contributed by atoms with E-state index in [1.807, 2.05) is 54.4 Å². The van der Waals surface area contributed by atoms with E-state index in [2.05, 4.69) is 15.3 Å². The van der Waals surface area contributed by atoms with Crippen molar-refractivity contribution in [1.29, 1.82) is 0 Å². The number of carbonyl (C=O) groups is 2. The Morgan fingerprint density at radius 2 is 2.06 bits per heavy atom. The minimum atomic E-state index is -0.248. The summed E-state index contributed by atoms with van der Waals surface area (Å²) in [5.41, 5.74) is 2.00. The van der Waals surface area contributed by atoms with E-state index in [1.165, 1.54) is 13.2 Å². The van der Waals surface area contributed by atoms with Crippen molar-refractivity contribution in [1.82, 2.24) is 19.8 Å². The van der Waals surface area contributed by atoms with Crippen LogP contribution in [0.4, 0.5) is 5.69 Å². The van der Waals surface area contributed by atoms with Gasteiger partial charge in [-0.2, -0.15) is 0 Å². The van der Waals surface area contributed by atoms with E-state index >= 15 is 0 Å². The molecule has 1 aliphatic rings. The molecule has 0 spiro atoms. The second-order valence-corrected chi connectivity index (χ2v) is 9.02. The van der Waals surface area contributed by atoms with Crippen LogP contribution in [0.5, 0.6) is 5.75 Å². The number of para-hydroxylation sites is 1. The van der Waals surface area contributed by atoms with Crippen LogP contribution in [0.3, 0.4) is 0 Å². The van der Waals surface area contributed by atoms with Gasteiger partial charge in [-0.25, -0.2) is 9.97 Å². The third-order valence-corrected chi connectivity index (χ3v) is 6.03. The lowest BCUT2D eigenvalue weighted by Gasteiger charge is -2.18. The van der Waals surface area contributed by atoms with Crippen LogP contribution >= 0.6 is 0 Å². The highest BCUT2D eigenvalue weighted by Crippen LogP contribution is 2.28. The average Bonchev–Trinajstić information content (AvgIpc) is 3.32. The molecule has 1 aliphatic heterocycles. The molecule has 1 N–H and O–H groups in total. The Labute approximate surface area is 205 Å². The number of benzene rings is 2. The molecule has 3 aromatic rings. The summed E-state index contributed by atoms with van der Waals surface area (Å²) in [6.07, 6.45) is 6.78. The van der Waals surface area contributed by atoms with E-state index in [0.29, 0.717) is 42.6 Å². The first-order chi connectivity index (χ1) is 16.9. The van der Waals surface area contributed by atoms with Crippen LogP contribution in [-0.4, -0.2) is 72.4 Å². The van der Waals surface area contributed by atoms with Gasteiger partial charge in [0.2, 0.25) is 5.91 Å². The third kappa shape index (κ3) is 6.22. The number of aromatic nitrogens is 2. The van der Waals surface area contributed by atoms with Crippen molar-refractivity contribution in [3.8, 4) is 5.75 Å². The molecule has 182 valence electrons. The van der Waals surface area contributed by atoms with Gasteiger partial charge in [0, 0.05) is 49.3 Å². The Bertz CT molecular complexity index is 1240. The van der Waals surface area contributed by atoms with Crippen LogP contribution in [0.2, 0.25) is 0 Å². The summed E-state index contributed by atoms with van der Waals surface area (Å²) in [7, 11) is 5.39. The number of anilines is 1. The number of carbonyl (C=O) groups excluding carboxylic acids is 2. The van der Waals surface area contributed by atoms with Crippen LogP contribution in [0, 0.1) is 5.92 Å². The lowest BCUT2D eigenvalue weighted by molar-refractivity contribution is -0.111. The van der Waals surface area contributed by atoms with Gasteiger partial charge in [-0.05, 0) is 50.7 Å². The number of hydrogen-bond acceptors (Lipinski definition) is 6. The second kappa shape index (κ2) is 11.1. The Balaban J connectivity index is 1.38. The topological polar surface area (TPSA) is 87.7 Å². The number of fused-ring (bicyclic) bond motifs is 1. The van der Waals surface area contributed by atoms with Gasteiger partial charge in [-0.15, -0.1) is 0 Å². The van der Waals surface area contributed by atoms with Crippen molar-refractivity contribution >= 4 is 28.4 Å². The van der Waals surface area contributed by atoms with E-state index in [1.54, 1.807) is 24.3 Å². The van der Waals surface area contributed by atoms with Gasteiger partial charge in [0.1, 0.15) is 11.6 Å². The highest BCUT2D eigenvalue weighted by molar-refractivity contribution is 6.01. The van der Waals surface area contributed by atoms with Crippen molar-refractivity contribution in [2.45, 2.75) is 12.8 Å². The van der Waals surface area contributed by atoms with Crippen molar-refractivity contribution in [3.63, 3.8) is 0 Å². The molecule has 2 heterocycles. The van der Waals surface area contributed by atoms with E-state index in [9.17, 15) is 9.59 Å². The first-order valence-corrected chi connectivity index (χ1v) is 11.7. The molecule has 8 nitrogen and oxygen atoms in total. The summed E-state index contributed by atoms with van der Waals surface area (Å²) in [5.74, 6) is 1.28. The quantitative estimate of drug-likeness (QED) is 0.505. The molecule has 1 saturated heterocycles. The van der Waals surface area contributed by atoms with E-state index in [-0.39, 0.29) is 11.8 Å². The Morgan fingerprint density at radius 1 is 1.23 bits per heavy atom. The lowest BCUT2D eigenvalue weighted by atomic mass is 10.0. The summed E-state index contributed by atoms with van der Waals surface area (Å²) in [6, 6.07) is 13.1. The molecular weight excluding hydrogens is 442 g/mol. The SMILES string of the molecule is COc1cc(C(=O)N2CC[C@@H](Cc3ncc4ccccc4n3)C2)ccc1NC(=O)/C=C/CN(C)C. The molecule has 2 amide bonds. The molecular formula is C27H31N5O3. The summed E-state index contributed by atoms with van der Waals surface area (Å²) < 4.78 is 5.44. The number of likely N-dealkylation sites (tertiary alicyclic amines) is 1. The Hall–Kier alpha value is -3.78. The molecule has 0 radical (unpaired) electrons. The number of hydrogen-bond donors (Lipinski definition) is 1. The van der Waals surface area contributed by atoms with Crippen LogP contribution in [0.1, 0.15) is 22.6 Å². The highest BCUT2D eigenvalue weighted by Gasteiger charge is 2.28. The monoisotopic (exact) mass is 473 g/mol. The summed E-state index contributed by atoms with van der Waals surface area (Å²) in [4.78, 5) is 38.4. The minimum Gasteiger partial charge on any atom is -0.495 e. The maximum atomic E-state index is 13.2. The van der Waals surface area contributed by atoms with Crippen LogP contribution in [0.15, 0.2) is 60.8 Å². The van der Waals surface area contributed by atoms with Gasteiger partial charge in [0.25, 0.3) is 5.91 Å². The van der Waals surface area contributed by atoms with Crippen molar-refractivity contribution in [3.05, 3.63) is 72.2 Å². The fraction of sp³-hybridized carbons (Fsp3) is 0.333. The Morgan fingerprint density at radius 3 is 2.86 bits per heavy atom. The summed E-state index contributed by atoms with van der Waals surface area (Å²) in [6.45, 7) is 2.02. The zero-order valence-corrected chi connectivity index (χ0v) is 20.4. The van der Waals surface area contributed by atoms with Crippen LogP contribution in [0.25, 0.3) is 10.9 Å². The molecule has 8 heteroatoms. The number of nitrogens with one attached hydrogen (secondary N) is 1. The number of methoxy groups -OCH3 is 1. The molecule has 1 atom stereocenters. The molecule has 2 aromatic carbocycles. The van der Waals surface area contributed by atoms with E-state index in [4.69, 9.17) is 4.74 Å². The lowest BCUT2D eigenvalue weighted by Crippen LogP contribution is -2.29. The summed E-state index contributed by atoms with van der Waals surface area (Å²) >= 11 is 0. The average molecular weight is 474 g/mol. The van der Waals surface area contributed by atoms with Gasteiger partial charge in [0.15, 0.2) is 0 Å². The third-order valence-electron chi connectivity index (χ3n) is 6.03. The maximum Gasteiger partial charge on any atom is 0.254 e. The molecule has 0 aliphatic carbocycles. The first-order valence-electron chi connectivity index (χ1n) is 11.7. The van der Waals surface area contributed by atoms with Crippen LogP contribution < -0.4 is 10.1 Å². The fourth-order valence-corrected chi connectivity index (χ4v) is 4.21. The molecule has 0 bridgehead atoms. The van der Waals surface area contributed by atoms with Crippen LogP contribution in [-0.2, 0) is 11.2 Å². The standard InChI is InChI=1S/C27H31N5O3/c1-31(2)13-6-9-26(33)30-23-11-10-20(16-24(23)35-3)27(34)32-14-12-19(18-32)15-25-28-17-21-7-4-5-8-22(21)29-25/h4-11,16-17,19H,12-15,18H2,1-3H3,(H,30,33)/b9-6+/t19-/m0/s1. The van der Waals surface area contributed by atoms with Gasteiger partial charge < -0.3 is 19.9 Å². The second-order valence-electron chi connectivity index (χ2n) is 9.02. The van der Waals surface area contributed by atoms with Gasteiger partial charge in [0.05, 0.1) is 18.3 Å². The maximum absolute atomic E-state index is 13.2. The minimum absolute atomic E-state index is 0.0472. The first kappa shape index (κ1) is 24.3. The van der Waals surface area contributed by atoms with Gasteiger partial charge in [-0.3, -0.25) is 9.59 Å². The Kier molecular flexibility index (Phi) is 7.72. The molecule has 35 heavy (non-hydrogen) atoms. The number of rotatable bonds is 8. The molecule has 4 rings (SSSR count). The fourth-order valence-electron chi connectivity index (χ4n) is 4.21. The number of amides is 2. The number of ether oxygens (including phenoxy) is 1. The molecule has 1 aromatic heterocycles. The van der Waals surface area contributed by atoms with E-state index < -0.39 is 0 Å². The summed E-state index contributed by atoms with van der Waals surface area (Å²) in [5, 5.41) is 3.84. The zero-order chi connectivity index (χ0) is 24.8. The van der Waals surface area contributed by atoms with E-state index in [0.717, 1.165) is 29.6 Å². The molecule has 0 saturated carbocycles.